The van der Waals surface area contributed by atoms with Crippen molar-refractivity contribution in [2.45, 2.75) is 27.4 Å². The average molecular weight is 480 g/mol. The van der Waals surface area contributed by atoms with Crippen molar-refractivity contribution in [1.82, 2.24) is 4.98 Å². The third-order valence-corrected chi connectivity index (χ3v) is 6.09. The number of hydrogen-bond donors (Lipinski definition) is 0. The Hall–Kier alpha value is -3.85. The first-order chi connectivity index (χ1) is 16.4. The summed E-state index contributed by atoms with van der Waals surface area (Å²) < 4.78 is 24.1. The van der Waals surface area contributed by atoms with E-state index in [1.165, 1.54) is 17.1 Å². The lowest BCUT2D eigenvalue weighted by Crippen LogP contribution is -2.21. The molecule has 2 aromatic carbocycles. The van der Waals surface area contributed by atoms with Gasteiger partial charge in [-0.15, -0.1) is 0 Å². The first-order valence-electron chi connectivity index (χ1n) is 10.6. The number of hydrazone groups is 1. The van der Waals surface area contributed by atoms with Crippen molar-refractivity contribution >= 4 is 40.1 Å². The molecule has 0 spiro atoms. The van der Waals surface area contributed by atoms with E-state index in [0.29, 0.717) is 32.7 Å². The number of rotatable bonds is 7. The highest BCUT2D eigenvalue weighted by Crippen LogP contribution is 2.31. The van der Waals surface area contributed by atoms with Gasteiger partial charge in [-0.1, -0.05) is 35.6 Å². The number of benzene rings is 2. The van der Waals surface area contributed by atoms with Gasteiger partial charge in [0.05, 0.1) is 23.6 Å². The van der Waals surface area contributed by atoms with Crippen molar-refractivity contribution in [3.63, 3.8) is 0 Å². The molecule has 1 aliphatic rings. The van der Waals surface area contributed by atoms with Gasteiger partial charge >= 0.3 is 5.97 Å². The van der Waals surface area contributed by atoms with E-state index < -0.39 is 5.97 Å². The number of amides is 1. The Morgan fingerprint density at radius 1 is 1.18 bits per heavy atom. The molecule has 3 aromatic rings. The summed E-state index contributed by atoms with van der Waals surface area (Å²) in [5.41, 5.74) is 2.99. The Kier molecular flexibility index (Phi) is 6.83. The summed E-state index contributed by atoms with van der Waals surface area (Å²) in [6.45, 7) is 5.67. The molecule has 9 heteroatoms. The molecule has 0 fully saturated rings. The van der Waals surface area contributed by atoms with E-state index in [1.54, 1.807) is 51.1 Å². The quantitative estimate of drug-likeness (QED) is 0.346. The number of aryl methyl sites for hydroxylation is 1. The van der Waals surface area contributed by atoms with Gasteiger partial charge in [-0.2, -0.15) is 10.1 Å². The molecule has 0 radical (unpaired) electrons. The van der Waals surface area contributed by atoms with Gasteiger partial charge in [-0.3, -0.25) is 4.79 Å². The summed E-state index contributed by atoms with van der Waals surface area (Å²) >= 11 is 1.07. The number of carbonyl (C=O) groups is 2. The summed E-state index contributed by atoms with van der Waals surface area (Å²) in [6.07, 6.45) is 1.74. The molecule has 0 atom stereocenters. The van der Waals surface area contributed by atoms with E-state index in [2.05, 4.69) is 10.1 Å². The zero-order chi connectivity index (χ0) is 24.2. The Balaban J connectivity index is 1.46. The number of esters is 1. The van der Waals surface area contributed by atoms with E-state index >= 15 is 0 Å². The Bertz CT molecular complexity index is 1300. The summed E-state index contributed by atoms with van der Waals surface area (Å²) in [5, 5.41) is 5.86. The van der Waals surface area contributed by atoms with Crippen LogP contribution in [0, 0.1) is 12.7 Å². The van der Waals surface area contributed by atoms with E-state index in [9.17, 15) is 14.0 Å². The molecule has 4 rings (SSSR count). The van der Waals surface area contributed by atoms with Crippen molar-refractivity contribution < 1.29 is 23.5 Å². The van der Waals surface area contributed by atoms with Crippen LogP contribution < -0.4 is 9.75 Å². The van der Waals surface area contributed by atoms with Crippen LogP contribution in [0.15, 0.2) is 59.2 Å². The van der Waals surface area contributed by atoms with Crippen LogP contribution in [0.5, 0.6) is 5.75 Å². The van der Waals surface area contributed by atoms with Crippen LogP contribution in [-0.2, 0) is 16.1 Å². The van der Waals surface area contributed by atoms with Crippen LogP contribution in [0.3, 0.4) is 0 Å². The molecule has 1 amide bonds. The maximum absolute atomic E-state index is 13.3. The van der Waals surface area contributed by atoms with Gasteiger partial charge in [0.1, 0.15) is 23.1 Å². The molecule has 1 aromatic heterocycles. The van der Waals surface area contributed by atoms with Crippen LogP contribution in [0.4, 0.5) is 9.52 Å². The third-order valence-electron chi connectivity index (χ3n) is 4.98. The Morgan fingerprint density at radius 2 is 1.94 bits per heavy atom. The number of anilines is 1. The van der Waals surface area contributed by atoms with Crippen molar-refractivity contribution in [3.05, 3.63) is 81.6 Å². The first-order valence-corrected chi connectivity index (χ1v) is 11.4. The van der Waals surface area contributed by atoms with E-state index in [1.807, 2.05) is 12.1 Å². The lowest BCUT2D eigenvalue weighted by Gasteiger charge is -2.08. The largest absolute Gasteiger partial charge is 0.489 e. The second-order valence-corrected chi connectivity index (χ2v) is 8.46. The van der Waals surface area contributed by atoms with E-state index in [0.717, 1.165) is 22.5 Å². The van der Waals surface area contributed by atoms with Gasteiger partial charge in [0.2, 0.25) is 5.13 Å². The third kappa shape index (κ3) is 5.04. The topological polar surface area (TPSA) is 81.1 Å². The average Bonchev–Trinajstić information content (AvgIpc) is 3.33. The molecular weight excluding hydrogens is 457 g/mol. The van der Waals surface area contributed by atoms with Gasteiger partial charge in [0.25, 0.3) is 5.91 Å². The maximum atomic E-state index is 13.3. The van der Waals surface area contributed by atoms with Crippen LogP contribution >= 0.6 is 11.3 Å². The lowest BCUT2D eigenvalue weighted by atomic mass is 10.1. The summed E-state index contributed by atoms with van der Waals surface area (Å²) in [5.74, 6) is -0.471. The second-order valence-electron chi connectivity index (χ2n) is 7.48. The minimum Gasteiger partial charge on any atom is -0.489 e. The van der Waals surface area contributed by atoms with Gasteiger partial charge in [0, 0.05) is 0 Å². The van der Waals surface area contributed by atoms with Gasteiger partial charge in [-0.05, 0) is 62.2 Å². The molecule has 2 heterocycles. The smallest absolute Gasteiger partial charge is 0.350 e. The van der Waals surface area contributed by atoms with Crippen molar-refractivity contribution in [3.8, 4) is 5.75 Å². The van der Waals surface area contributed by atoms with Crippen LogP contribution in [0.2, 0.25) is 0 Å². The molecule has 7 nitrogen and oxygen atoms in total. The first kappa shape index (κ1) is 23.3. The SMILES string of the molecule is CCOC(=O)c1sc(N2N=C(C)/C(=C\c3ccc(OCc4cccc(F)c4)cc3)C2=O)nc1C. The highest BCUT2D eigenvalue weighted by Gasteiger charge is 2.32. The van der Waals surface area contributed by atoms with E-state index in [-0.39, 0.29) is 24.9 Å². The zero-order valence-corrected chi connectivity index (χ0v) is 19.7. The molecule has 34 heavy (non-hydrogen) atoms. The standard InChI is InChI=1S/C25H22FN3O4S/c1-4-32-24(31)22-16(3)27-25(34-22)29-23(30)21(15(2)28-29)13-17-8-10-20(11-9-17)33-14-18-6-5-7-19(26)12-18/h5-13H,4,14H2,1-3H3/b21-13+. The highest BCUT2D eigenvalue weighted by atomic mass is 32.1. The zero-order valence-electron chi connectivity index (χ0n) is 18.9. The molecule has 0 unspecified atom stereocenters. The number of nitrogens with zero attached hydrogens (tertiary/aromatic N) is 3. The normalized spacial score (nSPS) is 14.5. The highest BCUT2D eigenvalue weighted by molar-refractivity contribution is 7.17. The number of carbonyl (C=O) groups excluding carboxylic acids is 2. The van der Waals surface area contributed by atoms with Crippen molar-refractivity contribution in [2.24, 2.45) is 5.10 Å². The molecular formula is C25H22FN3O4S. The number of ether oxygens (including phenoxy) is 2. The Labute approximate surface area is 200 Å². The lowest BCUT2D eigenvalue weighted by molar-refractivity contribution is -0.114. The van der Waals surface area contributed by atoms with E-state index in [4.69, 9.17) is 9.47 Å². The minimum atomic E-state index is -0.466. The summed E-state index contributed by atoms with van der Waals surface area (Å²) in [6, 6.07) is 13.5. The fraction of sp³-hybridized carbons (Fsp3) is 0.200. The fourth-order valence-electron chi connectivity index (χ4n) is 3.29. The molecule has 0 saturated heterocycles. The molecule has 0 bridgehead atoms. The number of hydrogen-bond acceptors (Lipinski definition) is 7. The van der Waals surface area contributed by atoms with Gasteiger partial charge < -0.3 is 9.47 Å². The van der Waals surface area contributed by atoms with Crippen molar-refractivity contribution in [1.29, 1.82) is 0 Å². The fourth-order valence-corrected chi connectivity index (χ4v) is 4.20. The summed E-state index contributed by atoms with van der Waals surface area (Å²) in [4.78, 5) is 29.8. The molecule has 0 N–H and O–H groups in total. The molecule has 0 aliphatic carbocycles. The number of halogens is 1. The number of thiazole rings is 1. The van der Waals surface area contributed by atoms with Crippen LogP contribution in [0.25, 0.3) is 6.08 Å². The maximum Gasteiger partial charge on any atom is 0.350 e. The van der Waals surface area contributed by atoms with Crippen molar-refractivity contribution in [2.75, 3.05) is 11.6 Å². The minimum absolute atomic E-state index is 0.248. The Morgan fingerprint density at radius 3 is 2.65 bits per heavy atom. The predicted molar refractivity (Wildman–Crippen MR) is 129 cm³/mol. The number of aromatic nitrogens is 1. The van der Waals surface area contributed by atoms with Crippen LogP contribution in [-0.4, -0.2) is 29.2 Å². The molecule has 174 valence electrons. The monoisotopic (exact) mass is 479 g/mol. The molecule has 1 aliphatic heterocycles. The van der Waals surface area contributed by atoms with Gasteiger partial charge in [0.15, 0.2) is 0 Å². The molecule has 0 saturated carbocycles. The predicted octanol–water partition coefficient (Wildman–Crippen LogP) is 5.15. The summed E-state index contributed by atoms with van der Waals surface area (Å²) in [7, 11) is 0. The van der Waals surface area contributed by atoms with Gasteiger partial charge in [-0.25, -0.2) is 14.2 Å². The second kappa shape index (κ2) is 9.96. The van der Waals surface area contributed by atoms with Crippen LogP contribution in [0.1, 0.15) is 40.3 Å².